The van der Waals surface area contributed by atoms with Gasteiger partial charge in [0.1, 0.15) is 24.0 Å². The Balaban J connectivity index is 1.51. The summed E-state index contributed by atoms with van der Waals surface area (Å²) in [5.74, 6) is 0.378. The quantitative estimate of drug-likeness (QED) is 0.216. The lowest BCUT2D eigenvalue weighted by molar-refractivity contribution is -0.660. The van der Waals surface area contributed by atoms with Crippen LogP contribution >= 0.6 is 0 Å². The summed E-state index contributed by atoms with van der Waals surface area (Å²) in [5.41, 5.74) is 9.04. The number of hydrogen-bond acceptors (Lipinski definition) is 1. The molecule has 5 aromatic rings. The highest BCUT2D eigenvalue weighted by Crippen LogP contribution is 2.42. The van der Waals surface area contributed by atoms with E-state index in [0.29, 0.717) is 17.1 Å². The van der Waals surface area contributed by atoms with Crippen molar-refractivity contribution >= 4 is 21.9 Å². The molecule has 0 unspecified atom stereocenters. The van der Waals surface area contributed by atoms with Crippen LogP contribution in [0.25, 0.3) is 44.3 Å². The van der Waals surface area contributed by atoms with E-state index in [1.165, 1.54) is 43.2 Å². The monoisotopic (exact) mass is 520 g/mol. The van der Waals surface area contributed by atoms with Crippen LogP contribution in [-0.2, 0) is 13.5 Å². The Morgan fingerprint density at radius 3 is 2.21 bits per heavy atom. The summed E-state index contributed by atoms with van der Waals surface area (Å²) in [7, 11) is 2.08. The molecule has 0 atom stereocenters. The number of halogens is 1. The van der Waals surface area contributed by atoms with Gasteiger partial charge in [0.2, 0.25) is 5.69 Å². The van der Waals surface area contributed by atoms with E-state index < -0.39 is 0 Å². The van der Waals surface area contributed by atoms with Gasteiger partial charge in [-0.15, -0.1) is 0 Å². The smallest absolute Gasteiger partial charge is 0.216 e. The van der Waals surface area contributed by atoms with Crippen molar-refractivity contribution in [2.24, 2.45) is 12.5 Å². The van der Waals surface area contributed by atoms with E-state index in [9.17, 15) is 0 Å². The molecular weight excluding hydrogens is 481 g/mol. The Labute approximate surface area is 231 Å². The first kappa shape index (κ1) is 25.8. The second-order valence-electron chi connectivity index (χ2n) is 12.8. The third kappa shape index (κ3) is 4.88. The van der Waals surface area contributed by atoms with Gasteiger partial charge in [-0.3, -0.25) is 0 Å². The maximum atomic E-state index is 15.5. The molecular formula is C36H39FNO+. The summed E-state index contributed by atoms with van der Waals surface area (Å²) in [4.78, 5) is 0. The zero-order valence-electron chi connectivity index (χ0n) is 23.9. The number of aryl methyl sites for hydroxylation is 2. The van der Waals surface area contributed by atoms with Crippen molar-refractivity contribution in [2.75, 3.05) is 0 Å². The molecule has 1 saturated carbocycles. The molecule has 0 N–H and O–H groups in total. The molecule has 0 radical (unpaired) electrons. The first-order valence-corrected chi connectivity index (χ1v) is 14.4. The molecule has 2 heterocycles. The topological polar surface area (TPSA) is 17.0 Å². The van der Waals surface area contributed by atoms with Crippen LogP contribution in [0.15, 0.2) is 71.3 Å². The molecule has 1 aliphatic carbocycles. The number of furan rings is 1. The second kappa shape index (κ2) is 9.93. The van der Waals surface area contributed by atoms with Gasteiger partial charge in [-0.2, -0.15) is 0 Å². The molecule has 0 aliphatic heterocycles. The van der Waals surface area contributed by atoms with E-state index in [1.54, 1.807) is 6.07 Å². The maximum absolute atomic E-state index is 15.5. The van der Waals surface area contributed by atoms with Crippen LogP contribution in [0.1, 0.15) is 75.5 Å². The van der Waals surface area contributed by atoms with E-state index in [1.807, 2.05) is 6.07 Å². The zero-order valence-corrected chi connectivity index (χ0v) is 23.9. The highest BCUT2D eigenvalue weighted by Gasteiger charge is 2.24. The van der Waals surface area contributed by atoms with Gasteiger partial charge in [0, 0.05) is 22.9 Å². The number of aromatic nitrogens is 1. The van der Waals surface area contributed by atoms with Gasteiger partial charge >= 0.3 is 0 Å². The van der Waals surface area contributed by atoms with Crippen molar-refractivity contribution in [3.8, 4) is 22.4 Å². The van der Waals surface area contributed by atoms with E-state index >= 15 is 4.39 Å². The van der Waals surface area contributed by atoms with Crippen LogP contribution in [0.2, 0.25) is 0 Å². The lowest BCUT2D eigenvalue weighted by Gasteiger charge is -2.22. The maximum Gasteiger partial charge on any atom is 0.216 e. The van der Waals surface area contributed by atoms with E-state index in [2.05, 4.69) is 94.0 Å². The van der Waals surface area contributed by atoms with Gasteiger partial charge in [0.05, 0.1) is 11.1 Å². The Bertz CT molecular complexity index is 1660. The molecule has 3 heteroatoms. The summed E-state index contributed by atoms with van der Waals surface area (Å²) in [5, 5.41) is 1.97. The lowest BCUT2D eigenvalue weighted by atomic mass is 9.83. The number of benzene rings is 3. The van der Waals surface area contributed by atoms with Gasteiger partial charge in [0.25, 0.3) is 0 Å². The fourth-order valence-electron chi connectivity index (χ4n) is 6.51. The molecule has 1 aliphatic rings. The summed E-state index contributed by atoms with van der Waals surface area (Å²) >= 11 is 0. The molecule has 6 rings (SSSR count). The SMILES string of the molecule is Cc1ccc2c(oc3c(-c4ccc(C5CCCCC5)cc4)c(F)ccc32)c1-c1cc(CC(C)(C)C)cc[n+]1C. The molecule has 0 bridgehead atoms. The fraction of sp³-hybridized carbons (Fsp3) is 0.361. The predicted octanol–water partition coefficient (Wildman–Crippen LogP) is 9.83. The van der Waals surface area contributed by atoms with Crippen molar-refractivity contribution in [1.82, 2.24) is 0 Å². The van der Waals surface area contributed by atoms with Crippen molar-refractivity contribution in [1.29, 1.82) is 0 Å². The normalized spacial score (nSPS) is 14.9. The third-order valence-corrected chi connectivity index (χ3v) is 8.45. The van der Waals surface area contributed by atoms with Crippen molar-refractivity contribution in [3.63, 3.8) is 0 Å². The lowest BCUT2D eigenvalue weighted by Crippen LogP contribution is -2.31. The largest absolute Gasteiger partial charge is 0.454 e. The van der Waals surface area contributed by atoms with Gasteiger partial charge in [-0.1, -0.05) is 76.4 Å². The first-order valence-electron chi connectivity index (χ1n) is 14.4. The van der Waals surface area contributed by atoms with Crippen LogP contribution in [0.3, 0.4) is 0 Å². The van der Waals surface area contributed by atoms with Gasteiger partial charge in [0.15, 0.2) is 6.20 Å². The molecule has 0 saturated heterocycles. The van der Waals surface area contributed by atoms with Crippen molar-refractivity contribution in [3.05, 3.63) is 89.4 Å². The molecule has 39 heavy (non-hydrogen) atoms. The van der Waals surface area contributed by atoms with Gasteiger partial charge < -0.3 is 4.42 Å². The van der Waals surface area contributed by atoms with Crippen molar-refractivity contribution in [2.45, 2.75) is 72.1 Å². The van der Waals surface area contributed by atoms with Gasteiger partial charge in [-0.05, 0) is 71.9 Å². The molecule has 3 aromatic carbocycles. The highest BCUT2D eigenvalue weighted by molar-refractivity contribution is 6.13. The van der Waals surface area contributed by atoms with Crippen molar-refractivity contribution < 1.29 is 13.4 Å². The zero-order chi connectivity index (χ0) is 27.3. The Hall–Kier alpha value is -3.46. The number of fused-ring (bicyclic) bond motifs is 3. The summed E-state index contributed by atoms with van der Waals surface area (Å²) in [6.45, 7) is 8.93. The minimum atomic E-state index is -0.247. The minimum absolute atomic E-state index is 0.191. The molecule has 200 valence electrons. The third-order valence-electron chi connectivity index (χ3n) is 8.45. The van der Waals surface area contributed by atoms with E-state index in [4.69, 9.17) is 4.42 Å². The number of nitrogens with zero attached hydrogens (tertiary/aromatic N) is 1. The molecule has 2 aromatic heterocycles. The fourth-order valence-corrected chi connectivity index (χ4v) is 6.51. The predicted molar refractivity (Wildman–Crippen MR) is 159 cm³/mol. The van der Waals surface area contributed by atoms with Gasteiger partial charge in [-0.25, -0.2) is 8.96 Å². The van der Waals surface area contributed by atoms with Crippen LogP contribution in [-0.4, -0.2) is 0 Å². The Morgan fingerprint density at radius 2 is 1.51 bits per heavy atom. The molecule has 0 spiro atoms. The Kier molecular flexibility index (Phi) is 6.57. The van der Waals surface area contributed by atoms with E-state index in [-0.39, 0.29) is 11.2 Å². The minimum Gasteiger partial charge on any atom is -0.454 e. The van der Waals surface area contributed by atoms with E-state index in [0.717, 1.165) is 45.2 Å². The second-order valence-corrected chi connectivity index (χ2v) is 12.8. The Morgan fingerprint density at radius 1 is 0.846 bits per heavy atom. The summed E-state index contributed by atoms with van der Waals surface area (Å²) in [6.07, 6.45) is 9.58. The summed E-state index contributed by atoms with van der Waals surface area (Å²) in [6, 6.07) is 20.8. The number of pyridine rings is 1. The van der Waals surface area contributed by atoms with Crippen LogP contribution < -0.4 is 4.57 Å². The number of rotatable bonds is 4. The first-order chi connectivity index (χ1) is 18.7. The van der Waals surface area contributed by atoms with Crippen LogP contribution in [0.5, 0.6) is 0 Å². The number of hydrogen-bond donors (Lipinski definition) is 0. The molecule has 0 amide bonds. The average Bonchev–Trinajstić information content (AvgIpc) is 3.28. The molecule has 1 fully saturated rings. The standard InChI is InChI=1S/C36H39FNO/c1-23-11-16-28-29-17-18-30(37)33(27-14-12-26(13-15-27)25-9-7-6-8-10-25)35(29)39-34(28)32(23)31-21-24(19-20-38(31)5)22-36(2,3)4/h11-21,25H,6-10,22H2,1-5H3/q+1. The van der Waals surface area contributed by atoms with Crippen LogP contribution in [0.4, 0.5) is 4.39 Å². The highest BCUT2D eigenvalue weighted by atomic mass is 19.1. The summed E-state index contributed by atoms with van der Waals surface area (Å²) < 4.78 is 24.3. The molecule has 2 nitrogen and oxygen atoms in total. The van der Waals surface area contributed by atoms with Crippen LogP contribution in [0, 0.1) is 18.2 Å². The average molecular weight is 521 g/mol.